The van der Waals surface area contributed by atoms with Gasteiger partial charge in [-0.2, -0.15) is 5.10 Å². The van der Waals surface area contributed by atoms with Gasteiger partial charge in [0.1, 0.15) is 5.56 Å². The number of nitrogens with one attached hydrogen (secondary N) is 1. The summed E-state index contributed by atoms with van der Waals surface area (Å²) < 4.78 is 6.06. The Kier molecular flexibility index (Phi) is 7.46. The van der Waals surface area contributed by atoms with Gasteiger partial charge in [-0.05, 0) is 57.5 Å². The van der Waals surface area contributed by atoms with Crippen LogP contribution >= 0.6 is 0 Å². The lowest BCUT2D eigenvalue weighted by molar-refractivity contribution is -0.119. The second-order valence-electron chi connectivity index (χ2n) is 6.69. The van der Waals surface area contributed by atoms with E-state index >= 15 is 0 Å². The SMILES string of the molecule is CCN(CC)C(=O)c1ccc(NC(=O)COC(=O)c2c(C)c(C)nn(C)c2=O)cc1. The Balaban J connectivity index is 2.00. The molecule has 0 bridgehead atoms. The van der Waals surface area contributed by atoms with Crippen LogP contribution in [0.5, 0.6) is 0 Å². The number of carbonyl (C=O) groups excluding carboxylic acids is 3. The van der Waals surface area contributed by atoms with Crippen molar-refractivity contribution >= 4 is 23.5 Å². The number of benzene rings is 1. The quantitative estimate of drug-likeness (QED) is 0.690. The van der Waals surface area contributed by atoms with Crippen LogP contribution in [0.15, 0.2) is 29.1 Å². The van der Waals surface area contributed by atoms with Gasteiger partial charge in [0.15, 0.2) is 6.61 Å². The Morgan fingerprint density at radius 1 is 1.10 bits per heavy atom. The summed E-state index contributed by atoms with van der Waals surface area (Å²) in [6.07, 6.45) is 0. The van der Waals surface area contributed by atoms with E-state index in [1.54, 1.807) is 43.0 Å². The summed E-state index contributed by atoms with van der Waals surface area (Å²) in [4.78, 5) is 50.6. The topological polar surface area (TPSA) is 111 Å². The van der Waals surface area contributed by atoms with E-state index in [-0.39, 0.29) is 11.5 Å². The Hall–Kier alpha value is -3.49. The molecule has 1 aromatic carbocycles. The molecular weight excluding hydrogens is 388 g/mol. The third-order valence-corrected chi connectivity index (χ3v) is 4.73. The van der Waals surface area contributed by atoms with Crippen molar-refractivity contribution in [1.29, 1.82) is 0 Å². The van der Waals surface area contributed by atoms with Crippen LogP contribution in [0.25, 0.3) is 0 Å². The highest BCUT2D eigenvalue weighted by molar-refractivity contribution is 5.97. The van der Waals surface area contributed by atoms with E-state index in [1.165, 1.54) is 7.05 Å². The first-order valence-electron chi connectivity index (χ1n) is 9.60. The first-order valence-corrected chi connectivity index (χ1v) is 9.60. The van der Waals surface area contributed by atoms with Crippen LogP contribution in [-0.4, -0.2) is 52.2 Å². The molecule has 30 heavy (non-hydrogen) atoms. The minimum absolute atomic E-state index is 0.0867. The Morgan fingerprint density at radius 3 is 2.27 bits per heavy atom. The summed E-state index contributed by atoms with van der Waals surface area (Å²) >= 11 is 0. The van der Waals surface area contributed by atoms with Crippen LogP contribution in [-0.2, 0) is 16.6 Å². The molecule has 0 aliphatic rings. The predicted molar refractivity (Wildman–Crippen MR) is 112 cm³/mol. The van der Waals surface area contributed by atoms with Gasteiger partial charge in [-0.3, -0.25) is 14.4 Å². The van der Waals surface area contributed by atoms with Crippen molar-refractivity contribution in [2.45, 2.75) is 27.7 Å². The Labute approximate surface area is 174 Å². The molecule has 1 heterocycles. The van der Waals surface area contributed by atoms with E-state index in [2.05, 4.69) is 10.4 Å². The molecule has 0 spiro atoms. The fourth-order valence-electron chi connectivity index (χ4n) is 2.88. The molecule has 0 saturated carbocycles. The van der Waals surface area contributed by atoms with E-state index in [1.807, 2.05) is 13.8 Å². The molecule has 1 aromatic heterocycles. The number of anilines is 1. The van der Waals surface area contributed by atoms with Crippen LogP contribution in [0.4, 0.5) is 5.69 Å². The number of aryl methyl sites for hydroxylation is 2. The second-order valence-corrected chi connectivity index (χ2v) is 6.69. The number of ether oxygens (including phenoxy) is 1. The lowest BCUT2D eigenvalue weighted by Gasteiger charge is -2.18. The van der Waals surface area contributed by atoms with E-state index in [0.29, 0.717) is 35.6 Å². The van der Waals surface area contributed by atoms with E-state index < -0.39 is 24.0 Å². The van der Waals surface area contributed by atoms with Gasteiger partial charge in [0.05, 0.1) is 5.69 Å². The van der Waals surface area contributed by atoms with Gasteiger partial charge < -0.3 is 15.0 Å². The molecule has 2 amide bonds. The molecule has 0 aliphatic heterocycles. The van der Waals surface area contributed by atoms with Crippen LogP contribution in [0.2, 0.25) is 0 Å². The lowest BCUT2D eigenvalue weighted by Crippen LogP contribution is -2.31. The van der Waals surface area contributed by atoms with Crippen LogP contribution in [0.3, 0.4) is 0 Å². The molecule has 0 aliphatic carbocycles. The summed E-state index contributed by atoms with van der Waals surface area (Å²) in [6, 6.07) is 6.44. The zero-order valence-electron chi connectivity index (χ0n) is 17.8. The van der Waals surface area contributed by atoms with Crippen LogP contribution < -0.4 is 10.9 Å². The van der Waals surface area contributed by atoms with Crippen molar-refractivity contribution in [1.82, 2.24) is 14.7 Å². The lowest BCUT2D eigenvalue weighted by atomic mass is 10.1. The maximum Gasteiger partial charge on any atom is 0.344 e. The van der Waals surface area contributed by atoms with Gasteiger partial charge in [-0.25, -0.2) is 9.48 Å². The summed E-state index contributed by atoms with van der Waals surface area (Å²) in [5.74, 6) is -1.53. The second kappa shape index (κ2) is 9.82. The monoisotopic (exact) mass is 414 g/mol. The molecule has 2 aromatic rings. The molecule has 9 heteroatoms. The van der Waals surface area contributed by atoms with Gasteiger partial charge in [0.2, 0.25) is 0 Å². The number of carbonyl (C=O) groups is 3. The van der Waals surface area contributed by atoms with Gasteiger partial charge in [0, 0.05) is 31.4 Å². The third-order valence-electron chi connectivity index (χ3n) is 4.73. The zero-order valence-corrected chi connectivity index (χ0v) is 17.8. The van der Waals surface area contributed by atoms with Crippen molar-refractivity contribution in [2.75, 3.05) is 25.0 Å². The molecule has 0 atom stereocenters. The molecule has 0 radical (unpaired) electrons. The third kappa shape index (κ3) is 5.11. The van der Waals surface area contributed by atoms with Crippen molar-refractivity contribution in [3.8, 4) is 0 Å². The average molecular weight is 414 g/mol. The van der Waals surface area contributed by atoms with Crippen molar-refractivity contribution in [2.24, 2.45) is 7.05 Å². The van der Waals surface area contributed by atoms with Gasteiger partial charge in [0.25, 0.3) is 17.4 Å². The fourth-order valence-corrected chi connectivity index (χ4v) is 2.88. The Bertz CT molecular complexity index is 1010. The van der Waals surface area contributed by atoms with Crippen LogP contribution in [0, 0.1) is 13.8 Å². The van der Waals surface area contributed by atoms with Crippen molar-refractivity contribution in [3.05, 3.63) is 57.0 Å². The number of hydrogen-bond acceptors (Lipinski definition) is 6. The fraction of sp³-hybridized carbons (Fsp3) is 0.381. The number of esters is 1. The number of nitrogens with zero attached hydrogens (tertiary/aromatic N) is 3. The predicted octanol–water partition coefficient (Wildman–Crippen LogP) is 1.67. The molecule has 9 nitrogen and oxygen atoms in total. The maximum atomic E-state index is 12.3. The van der Waals surface area contributed by atoms with Crippen molar-refractivity contribution < 1.29 is 19.1 Å². The summed E-state index contributed by atoms with van der Waals surface area (Å²) in [5.41, 5.74) is 1.18. The van der Waals surface area contributed by atoms with Crippen LogP contribution in [0.1, 0.15) is 45.8 Å². The molecule has 1 N–H and O–H groups in total. The smallest absolute Gasteiger partial charge is 0.344 e. The van der Waals surface area contributed by atoms with Gasteiger partial charge >= 0.3 is 5.97 Å². The van der Waals surface area contributed by atoms with E-state index in [0.717, 1.165) is 4.68 Å². The highest BCUT2D eigenvalue weighted by atomic mass is 16.5. The van der Waals surface area contributed by atoms with Crippen molar-refractivity contribution in [3.63, 3.8) is 0 Å². The van der Waals surface area contributed by atoms with E-state index in [4.69, 9.17) is 4.74 Å². The number of aromatic nitrogens is 2. The van der Waals surface area contributed by atoms with E-state index in [9.17, 15) is 19.2 Å². The zero-order chi connectivity index (χ0) is 22.4. The average Bonchev–Trinajstić information content (AvgIpc) is 2.72. The number of amides is 2. The highest BCUT2D eigenvalue weighted by Gasteiger charge is 2.20. The molecule has 0 unspecified atom stereocenters. The first kappa shape index (κ1) is 22.8. The standard InChI is InChI=1S/C21H26N4O5/c1-6-25(7-2)19(27)15-8-10-16(11-9-15)22-17(26)12-30-21(29)18-13(3)14(4)23-24(5)20(18)28/h8-11H,6-7,12H2,1-5H3,(H,22,26). The van der Waals surface area contributed by atoms with Gasteiger partial charge in [-0.15, -0.1) is 0 Å². The first-order chi connectivity index (χ1) is 14.2. The summed E-state index contributed by atoms with van der Waals surface area (Å²) in [6.45, 7) is 7.75. The van der Waals surface area contributed by atoms with Gasteiger partial charge in [-0.1, -0.05) is 0 Å². The molecule has 0 saturated heterocycles. The number of rotatable bonds is 7. The molecular formula is C21H26N4O5. The molecule has 0 fully saturated rings. The largest absolute Gasteiger partial charge is 0.452 e. The normalized spacial score (nSPS) is 10.4. The summed E-state index contributed by atoms with van der Waals surface area (Å²) in [5, 5.41) is 6.59. The number of hydrogen-bond donors (Lipinski definition) is 1. The Morgan fingerprint density at radius 2 is 1.70 bits per heavy atom. The highest BCUT2D eigenvalue weighted by Crippen LogP contribution is 2.12. The molecule has 2 rings (SSSR count). The minimum Gasteiger partial charge on any atom is -0.452 e. The summed E-state index contributed by atoms with van der Waals surface area (Å²) in [7, 11) is 1.44. The maximum absolute atomic E-state index is 12.3. The molecule has 160 valence electrons. The minimum atomic E-state index is -0.881.